The third-order valence-corrected chi connectivity index (χ3v) is 9.79. The van der Waals surface area contributed by atoms with Crippen LogP contribution in [0.1, 0.15) is 75.3 Å². The molecule has 4 aliphatic heterocycles. The van der Waals surface area contributed by atoms with Crippen LogP contribution in [0.25, 0.3) is 0 Å². The zero-order valence-electron chi connectivity index (χ0n) is 25.9. The van der Waals surface area contributed by atoms with Crippen LogP contribution in [-0.2, 0) is 36.8 Å². The number of hydrogen-bond donors (Lipinski definition) is 3. The van der Waals surface area contributed by atoms with Gasteiger partial charge in [-0.1, -0.05) is 30.7 Å². The van der Waals surface area contributed by atoms with Crippen molar-refractivity contribution < 1.29 is 42.7 Å². The van der Waals surface area contributed by atoms with E-state index in [0.717, 1.165) is 38.5 Å². The van der Waals surface area contributed by atoms with Gasteiger partial charge in [-0.25, -0.2) is 14.0 Å². The third kappa shape index (κ3) is 7.33. The molecule has 14 heteroatoms. The van der Waals surface area contributed by atoms with Gasteiger partial charge in [0.05, 0.1) is 19.0 Å². The number of carbonyl (C=O) groups excluding carboxylic acids is 4. The largest absolute Gasteiger partial charge is 0.478 e. The van der Waals surface area contributed by atoms with Crippen molar-refractivity contribution in [3.05, 3.63) is 47.3 Å². The van der Waals surface area contributed by atoms with E-state index < -0.39 is 61.1 Å². The van der Waals surface area contributed by atoms with Crippen molar-refractivity contribution in [1.29, 1.82) is 0 Å². The van der Waals surface area contributed by atoms with E-state index in [9.17, 15) is 28.6 Å². The van der Waals surface area contributed by atoms with Gasteiger partial charge < -0.3 is 34.7 Å². The number of benzene rings is 1. The molecule has 2 saturated heterocycles. The van der Waals surface area contributed by atoms with Crippen LogP contribution in [0.4, 0.5) is 14.0 Å². The summed E-state index contributed by atoms with van der Waals surface area (Å²) in [4.78, 5) is 56.8. The number of alkyl carbamates (subject to hydrolysis) is 1. The normalized spacial score (nSPS) is 29.7. The number of nitrogens with one attached hydrogen (secondary N) is 2. The molecule has 0 bridgehead atoms. The highest BCUT2D eigenvalue weighted by Crippen LogP contribution is 2.29. The average Bonchev–Trinajstić information content (AvgIpc) is 3.84. The van der Waals surface area contributed by atoms with E-state index in [-0.39, 0.29) is 44.7 Å². The second-order valence-electron chi connectivity index (χ2n) is 13.0. The van der Waals surface area contributed by atoms with Gasteiger partial charge in [-0.3, -0.25) is 14.5 Å². The van der Waals surface area contributed by atoms with Crippen LogP contribution in [-0.4, -0.2) is 89.3 Å². The first-order valence-electron chi connectivity index (χ1n) is 16.5. The summed E-state index contributed by atoms with van der Waals surface area (Å²) in [6.45, 7) is 0.459. The number of allylic oxidation sites excluding steroid dienone is 2. The summed E-state index contributed by atoms with van der Waals surface area (Å²) in [5.41, 5.74) is 1.14. The van der Waals surface area contributed by atoms with Crippen molar-refractivity contribution in [1.82, 2.24) is 20.4 Å². The highest BCUT2D eigenvalue weighted by atomic mass is 19.1. The number of amides is 4. The Morgan fingerprint density at radius 3 is 2.65 bits per heavy atom. The fraction of sp³-hybridized carbons (Fsp3) is 0.625. The van der Waals surface area contributed by atoms with Crippen molar-refractivity contribution in [3.63, 3.8) is 0 Å². The molecular formula is C32H42BFN4O8. The van der Waals surface area contributed by atoms with Crippen LogP contribution >= 0.6 is 0 Å². The number of carbonyl (C=O) groups is 4. The summed E-state index contributed by atoms with van der Waals surface area (Å²) in [6, 6.07) is 2.73. The summed E-state index contributed by atoms with van der Waals surface area (Å²) in [6.07, 6.45) is 8.43. The smallest absolute Gasteiger partial charge is 0.446 e. The maximum Gasteiger partial charge on any atom is 0.478 e. The maximum absolute atomic E-state index is 14.3. The van der Waals surface area contributed by atoms with Crippen LogP contribution in [0.3, 0.4) is 0 Å². The second kappa shape index (κ2) is 14.4. The Kier molecular flexibility index (Phi) is 10.1. The molecule has 6 rings (SSSR count). The lowest BCUT2D eigenvalue weighted by Crippen LogP contribution is -2.56. The van der Waals surface area contributed by atoms with Gasteiger partial charge in [-0.2, -0.15) is 0 Å². The molecule has 5 aliphatic rings. The third-order valence-electron chi connectivity index (χ3n) is 9.79. The van der Waals surface area contributed by atoms with Crippen LogP contribution in [0.5, 0.6) is 0 Å². The molecule has 4 heterocycles. The second-order valence-corrected chi connectivity index (χ2v) is 13.0. The molecule has 248 valence electrons. The quantitative estimate of drug-likeness (QED) is 0.338. The number of ether oxygens (including phenoxy) is 2. The van der Waals surface area contributed by atoms with Gasteiger partial charge in [0.15, 0.2) is 0 Å². The number of fused-ring (bicyclic) bond motifs is 3. The van der Waals surface area contributed by atoms with Gasteiger partial charge in [0.1, 0.15) is 30.1 Å². The predicted octanol–water partition coefficient (Wildman–Crippen LogP) is 2.96. The van der Waals surface area contributed by atoms with Gasteiger partial charge >= 0.3 is 19.3 Å². The van der Waals surface area contributed by atoms with Gasteiger partial charge in [0, 0.05) is 31.1 Å². The Morgan fingerprint density at radius 1 is 1.04 bits per heavy atom. The number of nitrogens with zero attached hydrogens (tertiary/aromatic N) is 2. The minimum Gasteiger partial charge on any atom is -0.446 e. The van der Waals surface area contributed by atoms with E-state index in [1.54, 1.807) is 12.1 Å². The molecule has 12 nitrogen and oxygen atoms in total. The SMILES string of the molecule is O=C(N[C@H]1CCCC/C=C\C[C@H]2COB(O)[C@H]2NC(=O)[C@@H]2C[C@@H](OC(=O)N3Cc4cccc(F)c4C3)CN2C1=O)OC1CCCC1. The van der Waals surface area contributed by atoms with Gasteiger partial charge in [-0.15, -0.1) is 0 Å². The molecule has 0 spiro atoms. The predicted molar refractivity (Wildman–Crippen MR) is 163 cm³/mol. The van der Waals surface area contributed by atoms with Crippen molar-refractivity contribution in [2.24, 2.45) is 5.92 Å². The molecule has 1 aromatic carbocycles. The van der Waals surface area contributed by atoms with E-state index in [0.29, 0.717) is 30.4 Å². The molecule has 0 unspecified atom stereocenters. The number of hydrogen-bond acceptors (Lipinski definition) is 8. The first-order chi connectivity index (χ1) is 22.3. The lowest BCUT2D eigenvalue weighted by atomic mass is 9.74. The van der Waals surface area contributed by atoms with Crippen LogP contribution in [0, 0.1) is 11.7 Å². The molecule has 46 heavy (non-hydrogen) atoms. The summed E-state index contributed by atoms with van der Waals surface area (Å²) in [5.74, 6) is -2.21. The minimum absolute atomic E-state index is 0.0198. The molecule has 3 fully saturated rings. The van der Waals surface area contributed by atoms with Crippen molar-refractivity contribution in [2.75, 3.05) is 13.2 Å². The monoisotopic (exact) mass is 640 g/mol. The van der Waals surface area contributed by atoms with Crippen molar-refractivity contribution in [2.45, 2.75) is 108 Å². The first kappa shape index (κ1) is 32.3. The maximum atomic E-state index is 14.3. The van der Waals surface area contributed by atoms with Gasteiger partial charge in [0.25, 0.3) is 0 Å². The Morgan fingerprint density at radius 2 is 1.85 bits per heavy atom. The fourth-order valence-corrected chi connectivity index (χ4v) is 7.22. The lowest BCUT2D eigenvalue weighted by molar-refractivity contribution is -0.140. The number of rotatable bonds is 3. The Bertz CT molecular complexity index is 1340. The fourth-order valence-electron chi connectivity index (χ4n) is 7.22. The van der Waals surface area contributed by atoms with E-state index >= 15 is 0 Å². The summed E-state index contributed by atoms with van der Waals surface area (Å²) in [7, 11) is -1.20. The van der Waals surface area contributed by atoms with E-state index in [1.807, 2.05) is 12.2 Å². The first-order valence-corrected chi connectivity index (χ1v) is 16.5. The van der Waals surface area contributed by atoms with Gasteiger partial charge in [0.2, 0.25) is 11.8 Å². The van der Waals surface area contributed by atoms with Crippen molar-refractivity contribution >= 4 is 31.1 Å². The van der Waals surface area contributed by atoms with E-state index in [1.165, 1.54) is 15.9 Å². The molecule has 5 atom stereocenters. The highest BCUT2D eigenvalue weighted by molar-refractivity contribution is 6.46. The molecule has 1 saturated carbocycles. The van der Waals surface area contributed by atoms with Gasteiger partial charge in [-0.05, 0) is 63.0 Å². The van der Waals surface area contributed by atoms with Crippen molar-refractivity contribution in [3.8, 4) is 0 Å². The molecular weight excluding hydrogens is 598 g/mol. The van der Waals surface area contributed by atoms with E-state index in [4.69, 9.17) is 14.1 Å². The average molecular weight is 641 g/mol. The molecule has 0 aromatic heterocycles. The molecule has 1 aliphatic carbocycles. The highest BCUT2D eigenvalue weighted by Gasteiger charge is 2.47. The number of halogens is 1. The topological polar surface area (TPSA) is 147 Å². The Balaban J connectivity index is 1.20. The molecule has 1 aromatic rings. The zero-order valence-corrected chi connectivity index (χ0v) is 25.9. The van der Waals surface area contributed by atoms with Crippen LogP contribution < -0.4 is 10.6 Å². The standard InChI is InChI=1S/C32H42BFN4O8/c34-25-13-8-10-20-16-37(18-24(20)25)32(42)46-23-15-27-29(39)36-28-21(19-44-33(28)43)9-4-2-1-3-5-14-26(30(40)38(27)17-23)35-31(41)45-22-11-6-7-12-22/h2,4,8,10,13,21-23,26-28,43H,1,3,5-7,9,11-12,14-19H2,(H,35,41)(H,36,39)/b4-2-/t21-,23+,26-,27-,28-/m0/s1. The zero-order chi connectivity index (χ0) is 32.2. The molecule has 0 radical (unpaired) electrons. The van der Waals surface area contributed by atoms with Crippen LogP contribution in [0.2, 0.25) is 0 Å². The summed E-state index contributed by atoms with van der Waals surface area (Å²) in [5, 5.41) is 16.2. The van der Waals surface area contributed by atoms with Crippen LogP contribution in [0.15, 0.2) is 30.4 Å². The summed E-state index contributed by atoms with van der Waals surface area (Å²) >= 11 is 0. The minimum atomic E-state index is -1.20. The molecule has 3 N–H and O–H groups in total. The Hall–Kier alpha value is -3.65. The lowest BCUT2D eigenvalue weighted by Gasteiger charge is -2.30. The molecule has 4 amide bonds. The Labute approximate surface area is 268 Å². The van der Waals surface area contributed by atoms with E-state index in [2.05, 4.69) is 10.6 Å². The summed E-state index contributed by atoms with van der Waals surface area (Å²) < 4.78 is 31.2.